The average Bonchev–Trinajstić information content (AvgIpc) is 2.03. The Balaban J connectivity index is 3.29. The molecule has 0 saturated heterocycles. The van der Waals surface area contributed by atoms with Crippen LogP contribution >= 0.6 is 0 Å². The number of rotatable bonds is 5. The van der Waals surface area contributed by atoms with Gasteiger partial charge in [-0.3, -0.25) is 0 Å². The van der Waals surface area contributed by atoms with Gasteiger partial charge in [-0.1, -0.05) is 49.1 Å². The second-order valence-electron chi connectivity index (χ2n) is 2.18. The van der Waals surface area contributed by atoms with Crippen molar-refractivity contribution in [2.75, 3.05) is 0 Å². The lowest BCUT2D eigenvalue weighted by atomic mass is 10.3. The minimum absolute atomic E-state index is 1.00. The van der Waals surface area contributed by atoms with Gasteiger partial charge in [0.25, 0.3) is 0 Å². The molecule has 0 aliphatic rings. The fourth-order valence-electron chi connectivity index (χ4n) is 0.660. The SMILES string of the molecule is C=CC=CCC=CCC=CC. The summed E-state index contributed by atoms with van der Waals surface area (Å²) in [6.45, 7) is 5.62. The molecular weight excluding hydrogens is 132 g/mol. The van der Waals surface area contributed by atoms with E-state index in [1.807, 2.05) is 13.0 Å². The highest BCUT2D eigenvalue weighted by atomic mass is 13.8. The summed E-state index contributed by atoms with van der Waals surface area (Å²) in [5.74, 6) is 0. The molecule has 0 unspecified atom stereocenters. The van der Waals surface area contributed by atoms with Crippen LogP contribution in [0, 0.1) is 0 Å². The molecule has 0 rings (SSSR count). The lowest BCUT2D eigenvalue weighted by Gasteiger charge is -1.80. The normalized spacial score (nSPS) is 12.1. The van der Waals surface area contributed by atoms with Gasteiger partial charge >= 0.3 is 0 Å². The molecule has 0 spiro atoms. The van der Waals surface area contributed by atoms with Crippen molar-refractivity contribution in [2.45, 2.75) is 19.8 Å². The van der Waals surface area contributed by atoms with Crippen molar-refractivity contribution in [1.29, 1.82) is 0 Å². The van der Waals surface area contributed by atoms with E-state index in [9.17, 15) is 0 Å². The fourth-order valence-corrected chi connectivity index (χ4v) is 0.660. The Morgan fingerprint density at radius 2 is 1.64 bits per heavy atom. The summed E-state index contributed by atoms with van der Waals surface area (Å²) in [4.78, 5) is 0. The molecular formula is C11H16. The summed E-state index contributed by atoms with van der Waals surface area (Å²) in [6, 6.07) is 0. The fraction of sp³-hybridized carbons (Fsp3) is 0.273. The van der Waals surface area contributed by atoms with Crippen LogP contribution in [0.15, 0.2) is 49.1 Å². The summed E-state index contributed by atoms with van der Waals surface area (Å²) < 4.78 is 0. The van der Waals surface area contributed by atoms with Crippen LogP contribution in [0.1, 0.15) is 19.8 Å². The third-order valence-electron chi connectivity index (χ3n) is 1.22. The Kier molecular flexibility index (Phi) is 8.11. The van der Waals surface area contributed by atoms with E-state index in [0.717, 1.165) is 12.8 Å². The molecule has 0 aromatic heterocycles. The van der Waals surface area contributed by atoms with E-state index in [-0.39, 0.29) is 0 Å². The van der Waals surface area contributed by atoms with Gasteiger partial charge in [-0.05, 0) is 19.8 Å². The molecule has 11 heavy (non-hydrogen) atoms. The maximum absolute atomic E-state index is 3.59. The molecule has 0 aliphatic heterocycles. The monoisotopic (exact) mass is 148 g/mol. The van der Waals surface area contributed by atoms with Crippen LogP contribution < -0.4 is 0 Å². The van der Waals surface area contributed by atoms with E-state index in [4.69, 9.17) is 0 Å². The van der Waals surface area contributed by atoms with Crippen LogP contribution in [0.5, 0.6) is 0 Å². The second kappa shape index (κ2) is 8.96. The highest BCUT2D eigenvalue weighted by Crippen LogP contribution is 1.90. The Bertz CT molecular complexity index is 159. The molecule has 0 radical (unpaired) electrons. The number of hydrogen-bond acceptors (Lipinski definition) is 0. The minimum atomic E-state index is 1.00. The molecule has 0 aromatic carbocycles. The largest absolute Gasteiger partial charge is 0.0991 e. The molecule has 0 saturated carbocycles. The zero-order chi connectivity index (χ0) is 8.36. The third-order valence-corrected chi connectivity index (χ3v) is 1.22. The van der Waals surface area contributed by atoms with Gasteiger partial charge < -0.3 is 0 Å². The first-order valence-electron chi connectivity index (χ1n) is 3.95. The molecule has 0 N–H and O–H groups in total. The van der Waals surface area contributed by atoms with Gasteiger partial charge in [-0.25, -0.2) is 0 Å². The van der Waals surface area contributed by atoms with Crippen LogP contribution in [0.3, 0.4) is 0 Å². The van der Waals surface area contributed by atoms with E-state index in [0.29, 0.717) is 0 Å². The van der Waals surface area contributed by atoms with Crippen LogP contribution in [0.25, 0.3) is 0 Å². The van der Waals surface area contributed by atoms with E-state index >= 15 is 0 Å². The van der Waals surface area contributed by atoms with Crippen LogP contribution in [0.4, 0.5) is 0 Å². The van der Waals surface area contributed by atoms with Crippen molar-refractivity contribution < 1.29 is 0 Å². The molecule has 0 heteroatoms. The summed E-state index contributed by atoms with van der Waals surface area (Å²) in [6.07, 6.45) is 16.4. The topological polar surface area (TPSA) is 0 Å². The zero-order valence-corrected chi connectivity index (χ0v) is 7.16. The summed E-state index contributed by atoms with van der Waals surface area (Å²) in [5.41, 5.74) is 0. The molecule has 0 fully saturated rings. The number of allylic oxidation sites excluding steroid dienone is 7. The van der Waals surface area contributed by atoms with Gasteiger partial charge in [-0.2, -0.15) is 0 Å². The molecule has 0 amide bonds. The zero-order valence-electron chi connectivity index (χ0n) is 7.16. The summed E-state index contributed by atoms with van der Waals surface area (Å²) >= 11 is 0. The summed E-state index contributed by atoms with van der Waals surface area (Å²) in [7, 11) is 0. The van der Waals surface area contributed by atoms with Crippen LogP contribution in [0.2, 0.25) is 0 Å². The molecule has 0 bridgehead atoms. The van der Waals surface area contributed by atoms with Crippen LogP contribution in [-0.4, -0.2) is 0 Å². The predicted molar refractivity (Wildman–Crippen MR) is 52.5 cm³/mol. The highest BCUT2D eigenvalue weighted by Gasteiger charge is 1.69. The van der Waals surface area contributed by atoms with E-state index in [1.165, 1.54) is 0 Å². The van der Waals surface area contributed by atoms with Crippen molar-refractivity contribution in [2.24, 2.45) is 0 Å². The van der Waals surface area contributed by atoms with E-state index in [2.05, 4.69) is 37.0 Å². The van der Waals surface area contributed by atoms with Gasteiger partial charge in [0.05, 0.1) is 0 Å². The van der Waals surface area contributed by atoms with Crippen molar-refractivity contribution in [3.05, 3.63) is 49.1 Å². The van der Waals surface area contributed by atoms with Gasteiger partial charge in [0, 0.05) is 0 Å². The standard InChI is InChI=1S/C11H16/c1-3-5-7-9-11-10-8-6-4-2/h3-7,10-11H,1,8-9H2,2H3. The van der Waals surface area contributed by atoms with Crippen molar-refractivity contribution >= 4 is 0 Å². The Hall–Kier alpha value is -1.04. The smallest absolute Gasteiger partial charge is 0.0166 e. The van der Waals surface area contributed by atoms with Gasteiger partial charge in [0.15, 0.2) is 0 Å². The van der Waals surface area contributed by atoms with Gasteiger partial charge in [0.2, 0.25) is 0 Å². The summed E-state index contributed by atoms with van der Waals surface area (Å²) in [5, 5.41) is 0. The maximum atomic E-state index is 3.59. The quantitative estimate of drug-likeness (QED) is 0.412. The first-order valence-corrected chi connectivity index (χ1v) is 3.95. The second-order valence-corrected chi connectivity index (χ2v) is 2.18. The molecule has 0 atom stereocenters. The lowest BCUT2D eigenvalue weighted by molar-refractivity contribution is 1.31. The predicted octanol–water partition coefficient (Wildman–Crippen LogP) is 3.64. The maximum Gasteiger partial charge on any atom is -0.0166 e. The Morgan fingerprint density at radius 1 is 1.00 bits per heavy atom. The highest BCUT2D eigenvalue weighted by molar-refractivity contribution is 5.02. The van der Waals surface area contributed by atoms with Crippen LogP contribution in [-0.2, 0) is 0 Å². The van der Waals surface area contributed by atoms with E-state index < -0.39 is 0 Å². The van der Waals surface area contributed by atoms with Crippen molar-refractivity contribution in [1.82, 2.24) is 0 Å². The molecule has 0 aliphatic carbocycles. The van der Waals surface area contributed by atoms with Gasteiger partial charge in [-0.15, -0.1) is 0 Å². The Morgan fingerprint density at radius 3 is 2.18 bits per heavy atom. The Labute approximate surface area is 69.6 Å². The van der Waals surface area contributed by atoms with Gasteiger partial charge in [0.1, 0.15) is 0 Å². The first-order chi connectivity index (χ1) is 5.41. The third kappa shape index (κ3) is 8.96. The molecule has 0 nitrogen and oxygen atoms in total. The minimum Gasteiger partial charge on any atom is -0.0991 e. The average molecular weight is 148 g/mol. The molecule has 0 heterocycles. The van der Waals surface area contributed by atoms with Crippen molar-refractivity contribution in [3.63, 3.8) is 0 Å². The molecule has 0 aromatic rings. The van der Waals surface area contributed by atoms with Crippen molar-refractivity contribution in [3.8, 4) is 0 Å². The number of hydrogen-bond donors (Lipinski definition) is 0. The first kappa shape index (κ1) is 9.96. The lowest BCUT2D eigenvalue weighted by Crippen LogP contribution is -1.59. The van der Waals surface area contributed by atoms with E-state index in [1.54, 1.807) is 6.08 Å². The molecule has 60 valence electrons.